The standard InChI is InChI=1S/C22H16F3N5O/c1-29-21(12-6-13(23)8-14(24)7-12)15-2-5-30(11-20(15)28-29)22(31)16-9-18-19(10-17(16)25)27-4-3-26-18/h3-4,6-10H,2,5,11H2,1H3. The Morgan fingerprint density at radius 2 is 1.65 bits per heavy atom. The van der Waals surface area contributed by atoms with E-state index >= 15 is 0 Å². The van der Waals surface area contributed by atoms with Crippen molar-refractivity contribution >= 4 is 16.9 Å². The van der Waals surface area contributed by atoms with Crippen LogP contribution in [0.4, 0.5) is 13.2 Å². The molecule has 1 aliphatic rings. The Labute approximate surface area is 175 Å². The summed E-state index contributed by atoms with van der Waals surface area (Å²) in [7, 11) is 1.68. The molecule has 0 spiro atoms. The van der Waals surface area contributed by atoms with Gasteiger partial charge in [0.15, 0.2) is 0 Å². The Kier molecular flexibility index (Phi) is 4.46. The van der Waals surface area contributed by atoms with Gasteiger partial charge in [-0.25, -0.2) is 13.2 Å². The molecule has 156 valence electrons. The van der Waals surface area contributed by atoms with Crippen molar-refractivity contribution in [3.05, 3.63) is 77.0 Å². The van der Waals surface area contributed by atoms with Crippen LogP contribution >= 0.6 is 0 Å². The lowest BCUT2D eigenvalue weighted by Gasteiger charge is -2.27. The van der Waals surface area contributed by atoms with Gasteiger partial charge < -0.3 is 4.90 Å². The van der Waals surface area contributed by atoms with Gasteiger partial charge in [-0.15, -0.1) is 0 Å². The second kappa shape index (κ2) is 7.19. The highest BCUT2D eigenvalue weighted by atomic mass is 19.1. The highest BCUT2D eigenvalue weighted by Crippen LogP contribution is 2.31. The molecule has 3 heterocycles. The number of halogens is 3. The largest absolute Gasteiger partial charge is 0.332 e. The van der Waals surface area contributed by atoms with Crippen LogP contribution in [-0.2, 0) is 20.0 Å². The summed E-state index contributed by atoms with van der Waals surface area (Å²) in [6.07, 6.45) is 3.36. The van der Waals surface area contributed by atoms with E-state index in [0.717, 1.165) is 11.6 Å². The second-order valence-electron chi connectivity index (χ2n) is 7.41. The zero-order valence-electron chi connectivity index (χ0n) is 16.4. The predicted molar refractivity (Wildman–Crippen MR) is 107 cm³/mol. The number of carbonyl (C=O) groups is 1. The van der Waals surface area contributed by atoms with Gasteiger partial charge in [-0.1, -0.05) is 0 Å². The summed E-state index contributed by atoms with van der Waals surface area (Å²) in [5.74, 6) is -2.49. The van der Waals surface area contributed by atoms with Crippen molar-refractivity contribution in [3.8, 4) is 11.3 Å². The van der Waals surface area contributed by atoms with Gasteiger partial charge in [0.25, 0.3) is 5.91 Å². The highest BCUT2D eigenvalue weighted by Gasteiger charge is 2.29. The molecule has 4 aromatic rings. The SMILES string of the molecule is Cn1nc2c(c1-c1cc(F)cc(F)c1)CCN(C(=O)c1cc3nccnc3cc1F)C2. The average Bonchev–Trinajstić information content (AvgIpc) is 3.06. The van der Waals surface area contributed by atoms with Crippen LogP contribution in [0, 0.1) is 17.5 Å². The van der Waals surface area contributed by atoms with Crippen molar-refractivity contribution in [1.29, 1.82) is 0 Å². The monoisotopic (exact) mass is 423 g/mol. The van der Waals surface area contributed by atoms with Crippen molar-refractivity contribution < 1.29 is 18.0 Å². The normalized spacial score (nSPS) is 13.5. The van der Waals surface area contributed by atoms with Crippen LogP contribution in [-0.4, -0.2) is 37.1 Å². The molecule has 1 aliphatic heterocycles. The zero-order valence-corrected chi connectivity index (χ0v) is 16.4. The topological polar surface area (TPSA) is 63.9 Å². The first kappa shape index (κ1) is 19.2. The first-order chi connectivity index (χ1) is 14.9. The maximum absolute atomic E-state index is 14.6. The third-order valence-corrected chi connectivity index (χ3v) is 5.41. The number of hydrogen-bond donors (Lipinski definition) is 0. The maximum Gasteiger partial charge on any atom is 0.257 e. The molecule has 0 bridgehead atoms. The molecule has 0 unspecified atom stereocenters. The fourth-order valence-corrected chi connectivity index (χ4v) is 4.06. The summed E-state index contributed by atoms with van der Waals surface area (Å²) in [6.45, 7) is 0.484. The van der Waals surface area contributed by atoms with Gasteiger partial charge in [0.1, 0.15) is 17.5 Å². The van der Waals surface area contributed by atoms with E-state index in [-0.39, 0.29) is 12.1 Å². The van der Waals surface area contributed by atoms with Gasteiger partial charge in [-0.3, -0.25) is 19.4 Å². The number of fused-ring (bicyclic) bond motifs is 2. The molecule has 6 nitrogen and oxygen atoms in total. The Balaban J connectivity index is 1.48. The molecule has 2 aromatic carbocycles. The lowest BCUT2D eigenvalue weighted by molar-refractivity contribution is 0.0728. The minimum atomic E-state index is -0.674. The van der Waals surface area contributed by atoms with Gasteiger partial charge in [0.2, 0.25) is 0 Å². The van der Waals surface area contributed by atoms with Gasteiger partial charge in [-0.05, 0) is 24.6 Å². The van der Waals surface area contributed by atoms with Crippen molar-refractivity contribution in [3.63, 3.8) is 0 Å². The molecule has 0 N–H and O–H groups in total. The van der Waals surface area contributed by atoms with E-state index in [1.165, 1.54) is 41.6 Å². The summed E-state index contributed by atoms with van der Waals surface area (Å²) >= 11 is 0. The molecular formula is C22H16F3N5O. The Morgan fingerprint density at radius 3 is 2.35 bits per heavy atom. The number of benzene rings is 2. The third-order valence-electron chi connectivity index (χ3n) is 5.41. The average molecular weight is 423 g/mol. The number of amides is 1. The molecule has 5 rings (SSSR count). The van der Waals surface area contributed by atoms with Crippen LogP contribution in [0.15, 0.2) is 42.7 Å². The minimum Gasteiger partial charge on any atom is -0.332 e. The van der Waals surface area contributed by atoms with E-state index in [2.05, 4.69) is 15.1 Å². The summed E-state index contributed by atoms with van der Waals surface area (Å²) < 4.78 is 43.6. The highest BCUT2D eigenvalue weighted by molar-refractivity contribution is 5.97. The van der Waals surface area contributed by atoms with Crippen molar-refractivity contribution in [2.24, 2.45) is 7.05 Å². The number of aromatic nitrogens is 4. The molecule has 0 radical (unpaired) electrons. The number of carbonyl (C=O) groups excluding carboxylic acids is 1. The van der Waals surface area contributed by atoms with Crippen molar-refractivity contribution in [1.82, 2.24) is 24.6 Å². The molecule has 2 aromatic heterocycles. The van der Waals surface area contributed by atoms with Crippen LogP contribution in [0.5, 0.6) is 0 Å². The van der Waals surface area contributed by atoms with E-state index in [9.17, 15) is 18.0 Å². The van der Waals surface area contributed by atoms with E-state index < -0.39 is 23.4 Å². The molecule has 1 amide bonds. The Bertz CT molecular complexity index is 1330. The number of nitrogens with zero attached hydrogens (tertiary/aromatic N) is 5. The summed E-state index contributed by atoms with van der Waals surface area (Å²) in [5, 5.41) is 4.45. The first-order valence-corrected chi connectivity index (χ1v) is 9.61. The van der Waals surface area contributed by atoms with Gasteiger partial charge in [0.05, 0.1) is 34.5 Å². The van der Waals surface area contributed by atoms with Crippen LogP contribution < -0.4 is 0 Å². The first-order valence-electron chi connectivity index (χ1n) is 9.61. The van der Waals surface area contributed by atoms with Crippen LogP contribution in [0.3, 0.4) is 0 Å². The van der Waals surface area contributed by atoms with Gasteiger partial charge in [-0.2, -0.15) is 5.10 Å². The van der Waals surface area contributed by atoms with Gasteiger partial charge in [0, 0.05) is 49.2 Å². The molecule has 0 fully saturated rings. The molecule has 9 heteroatoms. The smallest absolute Gasteiger partial charge is 0.257 e. The van der Waals surface area contributed by atoms with E-state index in [0.29, 0.717) is 41.0 Å². The molecule has 0 saturated heterocycles. The third kappa shape index (κ3) is 3.31. The number of hydrogen-bond acceptors (Lipinski definition) is 4. The summed E-state index contributed by atoms with van der Waals surface area (Å²) in [4.78, 5) is 22.7. The van der Waals surface area contributed by atoms with Crippen LogP contribution in [0.1, 0.15) is 21.6 Å². The lowest BCUT2D eigenvalue weighted by atomic mass is 9.99. The fourth-order valence-electron chi connectivity index (χ4n) is 4.06. The predicted octanol–water partition coefficient (Wildman–Crippen LogP) is 3.65. The number of rotatable bonds is 2. The van der Waals surface area contributed by atoms with Crippen molar-refractivity contribution in [2.45, 2.75) is 13.0 Å². The van der Waals surface area contributed by atoms with Crippen LogP contribution in [0.2, 0.25) is 0 Å². The Morgan fingerprint density at radius 1 is 0.968 bits per heavy atom. The van der Waals surface area contributed by atoms with Gasteiger partial charge >= 0.3 is 0 Å². The van der Waals surface area contributed by atoms with E-state index in [1.54, 1.807) is 11.7 Å². The minimum absolute atomic E-state index is 0.0835. The summed E-state index contributed by atoms with van der Waals surface area (Å²) in [6, 6.07) is 5.92. The second-order valence-corrected chi connectivity index (χ2v) is 7.41. The molecule has 31 heavy (non-hydrogen) atoms. The zero-order chi connectivity index (χ0) is 21.7. The molecular weight excluding hydrogens is 407 g/mol. The van der Waals surface area contributed by atoms with Crippen molar-refractivity contribution in [2.75, 3.05) is 6.54 Å². The quantitative estimate of drug-likeness (QED) is 0.494. The molecule has 0 atom stereocenters. The van der Waals surface area contributed by atoms with E-state index in [4.69, 9.17) is 0 Å². The maximum atomic E-state index is 14.6. The Hall–Kier alpha value is -3.75. The van der Waals surface area contributed by atoms with Crippen LogP contribution in [0.25, 0.3) is 22.3 Å². The number of aryl methyl sites for hydroxylation is 1. The fraction of sp³-hybridized carbons (Fsp3) is 0.182. The molecule has 0 aliphatic carbocycles. The summed E-state index contributed by atoms with van der Waals surface area (Å²) in [5.41, 5.74) is 3.14. The molecule has 0 saturated carbocycles. The van der Waals surface area contributed by atoms with E-state index in [1.807, 2.05) is 0 Å². The lowest BCUT2D eigenvalue weighted by Crippen LogP contribution is -2.36.